The van der Waals surface area contributed by atoms with Gasteiger partial charge in [-0.25, -0.2) is 0 Å². The van der Waals surface area contributed by atoms with Crippen molar-refractivity contribution in [3.8, 4) is 0 Å². The van der Waals surface area contributed by atoms with Gasteiger partial charge < -0.3 is 14.2 Å². The van der Waals surface area contributed by atoms with Crippen LogP contribution in [-0.2, 0) is 28.6 Å². The molecule has 0 aromatic carbocycles. The SMILES string of the molecule is CCCCCCC/C=C\C/C=C\CCCCCCCCCCCCCCCCCCCCCCCC(=O)OCC(COC(=O)CCCCCCCCCC)OC(=O)CCCCCCCCCCC/C=C\CCCCCCCCCC. The fourth-order valence-electron chi connectivity index (χ4n) is 10.9. The van der Waals surface area contributed by atoms with E-state index >= 15 is 0 Å². The van der Waals surface area contributed by atoms with Crippen LogP contribution in [0.2, 0.25) is 0 Å². The molecule has 0 saturated heterocycles. The molecule has 6 nitrogen and oxygen atoms in total. The molecule has 0 aromatic rings. The highest BCUT2D eigenvalue weighted by Gasteiger charge is 2.19. The molecule has 1 atom stereocenters. The Morgan fingerprint density at radius 1 is 0.250 bits per heavy atom. The van der Waals surface area contributed by atoms with Crippen LogP contribution < -0.4 is 0 Å². The van der Waals surface area contributed by atoms with E-state index in [1.807, 2.05) is 0 Å². The zero-order chi connectivity index (χ0) is 57.8. The number of carbonyl (C=O) groups is 3. The molecule has 0 saturated carbocycles. The molecule has 0 amide bonds. The van der Waals surface area contributed by atoms with Crippen molar-refractivity contribution < 1.29 is 28.6 Å². The first-order valence-electron chi connectivity index (χ1n) is 36.0. The molecule has 0 bridgehead atoms. The predicted octanol–water partition coefficient (Wildman–Crippen LogP) is 24.7. The zero-order valence-electron chi connectivity index (χ0n) is 54.1. The van der Waals surface area contributed by atoms with E-state index in [4.69, 9.17) is 14.2 Å². The molecule has 470 valence electrons. The fourth-order valence-corrected chi connectivity index (χ4v) is 10.9. The van der Waals surface area contributed by atoms with Gasteiger partial charge in [0, 0.05) is 19.3 Å². The van der Waals surface area contributed by atoms with Crippen LogP contribution in [-0.4, -0.2) is 37.2 Å². The third-order valence-corrected chi connectivity index (χ3v) is 16.4. The first-order valence-corrected chi connectivity index (χ1v) is 36.0. The highest BCUT2D eigenvalue weighted by Crippen LogP contribution is 2.18. The topological polar surface area (TPSA) is 78.9 Å². The van der Waals surface area contributed by atoms with Crippen molar-refractivity contribution in [2.45, 2.75) is 406 Å². The van der Waals surface area contributed by atoms with Crippen LogP contribution >= 0.6 is 0 Å². The van der Waals surface area contributed by atoms with Gasteiger partial charge in [0.2, 0.25) is 0 Å². The van der Waals surface area contributed by atoms with Crippen molar-refractivity contribution in [1.29, 1.82) is 0 Å². The summed E-state index contributed by atoms with van der Waals surface area (Å²) in [5.41, 5.74) is 0. The molecule has 0 radical (unpaired) electrons. The number of rotatable bonds is 67. The van der Waals surface area contributed by atoms with Crippen molar-refractivity contribution in [2.24, 2.45) is 0 Å². The Morgan fingerprint density at radius 3 is 0.700 bits per heavy atom. The van der Waals surface area contributed by atoms with E-state index in [0.29, 0.717) is 19.3 Å². The molecule has 0 spiro atoms. The summed E-state index contributed by atoms with van der Waals surface area (Å²) in [6.07, 6.45) is 86.4. The Morgan fingerprint density at radius 2 is 0.450 bits per heavy atom. The minimum absolute atomic E-state index is 0.0670. The molecule has 0 aromatic heterocycles. The monoisotopic (exact) mass is 1120 g/mol. The average Bonchev–Trinajstić information content (AvgIpc) is 3.46. The lowest BCUT2D eigenvalue weighted by molar-refractivity contribution is -0.167. The van der Waals surface area contributed by atoms with Gasteiger partial charge in [-0.1, -0.05) is 340 Å². The number of esters is 3. The van der Waals surface area contributed by atoms with Gasteiger partial charge >= 0.3 is 17.9 Å². The minimum Gasteiger partial charge on any atom is -0.462 e. The van der Waals surface area contributed by atoms with Gasteiger partial charge in [-0.3, -0.25) is 14.4 Å². The van der Waals surface area contributed by atoms with Gasteiger partial charge in [0.15, 0.2) is 6.10 Å². The Kier molecular flexibility index (Phi) is 67.1. The first kappa shape index (κ1) is 77.6. The third kappa shape index (κ3) is 66.4. The number of ether oxygens (including phenoxy) is 3. The van der Waals surface area contributed by atoms with Crippen LogP contribution in [0, 0.1) is 0 Å². The first-order chi connectivity index (χ1) is 39.5. The lowest BCUT2D eigenvalue weighted by Crippen LogP contribution is -2.30. The van der Waals surface area contributed by atoms with Crippen LogP contribution in [0.1, 0.15) is 400 Å². The van der Waals surface area contributed by atoms with Gasteiger partial charge in [0.1, 0.15) is 13.2 Å². The second-order valence-corrected chi connectivity index (χ2v) is 24.5. The second-order valence-electron chi connectivity index (χ2n) is 24.5. The van der Waals surface area contributed by atoms with E-state index in [9.17, 15) is 14.4 Å². The smallest absolute Gasteiger partial charge is 0.306 e. The van der Waals surface area contributed by atoms with Crippen LogP contribution in [0.25, 0.3) is 0 Å². The van der Waals surface area contributed by atoms with E-state index in [1.54, 1.807) is 0 Å². The van der Waals surface area contributed by atoms with E-state index in [-0.39, 0.29) is 31.1 Å². The Hall–Kier alpha value is -2.37. The summed E-state index contributed by atoms with van der Waals surface area (Å²) in [6, 6.07) is 0. The van der Waals surface area contributed by atoms with Crippen molar-refractivity contribution in [3.05, 3.63) is 36.5 Å². The molecule has 0 aliphatic heterocycles. The molecular formula is C74H138O6. The maximum Gasteiger partial charge on any atom is 0.306 e. The van der Waals surface area contributed by atoms with Crippen molar-refractivity contribution in [1.82, 2.24) is 0 Å². The molecule has 0 aliphatic carbocycles. The number of carbonyl (C=O) groups excluding carboxylic acids is 3. The summed E-state index contributed by atoms with van der Waals surface area (Å²) < 4.78 is 16.9. The highest BCUT2D eigenvalue weighted by molar-refractivity contribution is 5.71. The number of hydrogen-bond donors (Lipinski definition) is 0. The fraction of sp³-hybridized carbons (Fsp3) is 0.878. The van der Waals surface area contributed by atoms with Gasteiger partial charge in [-0.05, 0) is 77.0 Å². The standard InChI is InChI=1S/C74H138O6/c1-4-7-10-13-16-19-21-23-25-27-29-31-32-33-34-35-36-37-38-39-40-41-42-44-45-47-49-51-53-55-58-61-64-67-73(76)79-70-71(69-78-72(75)66-63-60-57-18-15-12-9-6-3)80-74(77)68-65-62-59-56-54-52-50-48-46-43-30-28-26-24-22-20-17-14-11-8-5-2/h21,23,27-30,71H,4-20,22,24-26,31-70H2,1-3H3/b23-21-,29-27-,30-28-. The number of hydrogen-bond acceptors (Lipinski definition) is 6. The van der Waals surface area contributed by atoms with E-state index < -0.39 is 6.10 Å². The highest BCUT2D eigenvalue weighted by atomic mass is 16.6. The lowest BCUT2D eigenvalue weighted by atomic mass is 10.0. The maximum atomic E-state index is 12.9. The van der Waals surface area contributed by atoms with Crippen LogP contribution in [0.15, 0.2) is 36.5 Å². The lowest BCUT2D eigenvalue weighted by Gasteiger charge is -2.18. The third-order valence-electron chi connectivity index (χ3n) is 16.4. The molecule has 80 heavy (non-hydrogen) atoms. The van der Waals surface area contributed by atoms with E-state index in [0.717, 1.165) is 64.2 Å². The molecular weight excluding hydrogens is 985 g/mol. The maximum absolute atomic E-state index is 12.9. The zero-order valence-corrected chi connectivity index (χ0v) is 54.1. The quantitative estimate of drug-likeness (QED) is 0.0261. The normalized spacial score (nSPS) is 12.2. The van der Waals surface area contributed by atoms with Gasteiger partial charge in [0.25, 0.3) is 0 Å². The van der Waals surface area contributed by atoms with Crippen molar-refractivity contribution in [2.75, 3.05) is 13.2 Å². The Bertz CT molecular complexity index is 1340. The molecule has 0 heterocycles. The van der Waals surface area contributed by atoms with E-state index in [2.05, 4.69) is 57.2 Å². The van der Waals surface area contributed by atoms with E-state index in [1.165, 1.54) is 295 Å². The summed E-state index contributed by atoms with van der Waals surface area (Å²) >= 11 is 0. The van der Waals surface area contributed by atoms with Gasteiger partial charge in [-0.15, -0.1) is 0 Å². The number of allylic oxidation sites excluding steroid dienone is 6. The summed E-state index contributed by atoms with van der Waals surface area (Å²) in [7, 11) is 0. The Labute approximate surface area is 499 Å². The Balaban J connectivity index is 4.01. The summed E-state index contributed by atoms with van der Waals surface area (Å²) in [5, 5.41) is 0. The molecule has 0 aliphatic rings. The predicted molar refractivity (Wildman–Crippen MR) is 349 cm³/mol. The molecule has 1 unspecified atom stereocenters. The molecule has 0 fully saturated rings. The largest absolute Gasteiger partial charge is 0.462 e. The average molecular weight is 1120 g/mol. The van der Waals surface area contributed by atoms with Crippen LogP contribution in [0.5, 0.6) is 0 Å². The van der Waals surface area contributed by atoms with Crippen LogP contribution in [0.3, 0.4) is 0 Å². The van der Waals surface area contributed by atoms with Gasteiger partial charge in [0.05, 0.1) is 0 Å². The summed E-state index contributed by atoms with van der Waals surface area (Å²) in [4.78, 5) is 38.2. The molecule has 6 heteroatoms. The van der Waals surface area contributed by atoms with Crippen molar-refractivity contribution >= 4 is 17.9 Å². The van der Waals surface area contributed by atoms with Crippen LogP contribution in [0.4, 0.5) is 0 Å². The molecule has 0 rings (SSSR count). The summed E-state index contributed by atoms with van der Waals surface area (Å²) in [5.74, 6) is -0.847. The molecule has 0 N–H and O–H groups in total. The second kappa shape index (κ2) is 69.1. The minimum atomic E-state index is -0.768. The van der Waals surface area contributed by atoms with Gasteiger partial charge in [-0.2, -0.15) is 0 Å². The number of unbranched alkanes of at least 4 members (excludes halogenated alkanes) is 50. The van der Waals surface area contributed by atoms with Crippen molar-refractivity contribution in [3.63, 3.8) is 0 Å². The summed E-state index contributed by atoms with van der Waals surface area (Å²) in [6.45, 7) is 6.66.